The molecule has 0 amide bonds. The highest BCUT2D eigenvalue weighted by molar-refractivity contribution is 7.95. The van der Waals surface area contributed by atoms with E-state index in [0.29, 0.717) is 28.6 Å². The molecule has 1 N–H and O–H groups in total. The van der Waals surface area contributed by atoms with E-state index in [0.717, 1.165) is 0 Å². The quantitative estimate of drug-likeness (QED) is 0.332. The summed E-state index contributed by atoms with van der Waals surface area (Å²) in [4.78, 5) is 19.0. The summed E-state index contributed by atoms with van der Waals surface area (Å²) in [7, 11) is 1.48. The van der Waals surface area contributed by atoms with Crippen LogP contribution in [0.2, 0.25) is 0 Å². The molecule has 0 fully saturated rings. The summed E-state index contributed by atoms with van der Waals surface area (Å²) in [5.74, 6) is 0.847. The first-order valence-corrected chi connectivity index (χ1v) is 9.53. The lowest BCUT2D eigenvalue weighted by Gasteiger charge is -2.16. The van der Waals surface area contributed by atoms with Gasteiger partial charge in [-0.1, -0.05) is 12.1 Å². The maximum absolute atomic E-state index is 12.8. The second-order valence-electron chi connectivity index (χ2n) is 6.16. The number of hydrogen-bond acceptors (Lipinski definition) is 8. The number of carbonyl (C=O) groups is 1. The molecule has 31 heavy (non-hydrogen) atoms. The molecule has 0 spiro atoms. The Morgan fingerprint density at radius 3 is 2.48 bits per heavy atom. The monoisotopic (exact) mass is 450 g/mol. The molecule has 0 unspecified atom stereocenters. The number of rotatable bonds is 10. The molecule has 11 heteroatoms. The number of benzene rings is 2. The molecule has 1 aromatic heterocycles. The number of halogens is 3. The van der Waals surface area contributed by atoms with Crippen LogP contribution in [0.5, 0.6) is 11.5 Å². The van der Waals surface area contributed by atoms with E-state index in [1.165, 1.54) is 41.7 Å². The maximum Gasteiger partial charge on any atom is 0.298 e. The first kappa shape index (κ1) is 22.2. The molecule has 7 nitrogen and oxygen atoms in total. The van der Waals surface area contributed by atoms with Crippen molar-refractivity contribution in [3.63, 3.8) is 0 Å². The van der Waals surface area contributed by atoms with Gasteiger partial charge < -0.3 is 14.8 Å². The lowest BCUT2D eigenvalue weighted by Crippen LogP contribution is -2.07. The number of anilines is 3. The molecule has 2 aromatic carbocycles. The standard InChI is InChI=1S/C20H17F3N4O3S/c1-27(31-23)17-7-6-16(8-18(17)30-12-28)29-11-13-9-24-20(25-10-13)26-15-4-2-14(3-5-15)19(21)22/h2-10,12,19H,11H2,1H3,(H,24,25,26). The first-order chi connectivity index (χ1) is 15.0. The fourth-order valence-electron chi connectivity index (χ4n) is 2.53. The number of carbonyl (C=O) groups excluding carboxylic acids is 1. The zero-order valence-corrected chi connectivity index (χ0v) is 17.0. The van der Waals surface area contributed by atoms with Crippen LogP contribution in [0.25, 0.3) is 0 Å². The summed E-state index contributed by atoms with van der Waals surface area (Å²) in [5.41, 5.74) is 1.54. The summed E-state index contributed by atoms with van der Waals surface area (Å²) in [6.07, 6.45) is 0.576. The van der Waals surface area contributed by atoms with Gasteiger partial charge in [0.25, 0.3) is 12.9 Å². The maximum atomic E-state index is 12.8. The number of ether oxygens (including phenoxy) is 2. The Labute approximate surface area is 180 Å². The Balaban J connectivity index is 1.61. The Bertz CT molecular complexity index is 1010. The van der Waals surface area contributed by atoms with Gasteiger partial charge in [-0.3, -0.25) is 9.10 Å². The highest BCUT2D eigenvalue weighted by atomic mass is 32.2. The smallest absolute Gasteiger partial charge is 0.298 e. The number of hydrogen-bond donors (Lipinski definition) is 1. The lowest BCUT2D eigenvalue weighted by atomic mass is 10.2. The fourth-order valence-corrected chi connectivity index (χ4v) is 2.75. The highest BCUT2D eigenvalue weighted by Crippen LogP contribution is 2.35. The zero-order valence-electron chi connectivity index (χ0n) is 16.2. The number of nitrogens with one attached hydrogen (secondary N) is 1. The van der Waals surface area contributed by atoms with E-state index in [4.69, 9.17) is 9.47 Å². The van der Waals surface area contributed by atoms with Gasteiger partial charge in [-0.15, -0.1) is 3.89 Å². The zero-order chi connectivity index (χ0) is 22.2. The average molecular weight is 450 g/mol. The van der Waals surface area contributed by atoms with Crippen LogP contribution in [0, 0.1) is 0 Å². The molecule has 1 heterocycles. The third kappa shape index (κ3) is 6.01. The summed E-state index contributed by atoms with van der Waals surface area (Å²) >= 11 is -0.0216. The van der Waals surface area contributed by atoms with Gasteiger partial charge in [0.2, 0.25) is 5.95 Å². The van der Waals surface area contributed by atoms with E-state index in [9.17, 15) is 17.5 Å². The van der Waals surface area contributed by atoms with E-state index in [-0.39, 0.29) is 36.7 Å². The molecule has 162 valence electrons. The van der Waals surface area contributed by atoms with Crippen molar-refractivity contribution in [3.05, 3.63) is 66.0 Å². The van der Waals surface area contributed by atoms with Crippen molar-refractivity contribution in [3.8, 4) is 11.5 Å². The molecular formula is C20H17F3N4O3S. The predicted octanol–water partition coefficient (Wildman–Crippen LogP) is 5.24. The van der Waals surface area contributed by atoms with Crippen molar-refractivity contribution < 1.29 is 26.9 Å². The van der Waals surface area contributed by atoms with Crippen molar-refractivity contribution in [1.29, 1.82) is 0 Å². The first-order valence-electron chi connectivity index (χ1n) is 8.86. The minimum atomic E-state index is -2.52. The fraction of sp³-hybridized carbons (Fsp3) is 0.150. The molecular weight excluding hydrogens is 433 g/mol. The Morgan fingerprint density at radius 1 is 1.16 bits per heavy atom. The third-order valence-corrected chi connectivity index (χ3v) is 4.48. The van der Waals surface area contributed by atoms with Gasteiger partial charge in [0.15, 0.2) is 18.1 Å². The minimum Gasteiger partial charge on any atom is -0.489 e. The van der Waals surface area contributed by atoms with Gasteiger partial charge in [0, 0.05) is 42.3 Å². The van der Waals surface area contributed by atoms with Gasteiger partial charge in [-0.2, -0.15) is 0 Å². The molecule has 0 aliphatic rings. The molecule has 0 atom stereocenters. The van der Waals surface area contributed by atoms with Crippen LogP contribution >= 0.6 is 12.3 Å². The summed E-state index contributed by atoms with van der Waals surface area (Å²) < 4.78 is 49.7. The van der Waals surface area contributed by atoms with Crippen molar-refractivity contribution in [1.82, 2.24) is 9.97 Å². The van der Waals surface area contributed by atoms with Crippen LogP contribution in [-0.2, 0) is 11.4 Å². The van der Waals surface area contributed by atoms with Crippen molar-refractivity contribution in [2.45, 2.75) is 13.0 Å². The van der Waals surface area contributed by atoms with Crippen LogP contribution in [0.4, 0.5) is 30.0 Å². The molecule has 0 radical (unpaired) electrons. The van der Waals surface area contributed by atoms with Crippen LogP contribution in [0.3, 0.4) is 0 Å². The van der Waals surface area contributed by atoms with E-state index in [1.807, 2.05) is 0 Å². The van der Waals surface area contributed by atoms with Crippen LogP contribution in [0.1, 0.15) is 17.6 Å². The topological polar surface area (TPSA) is 76.6 Å². The predicted molar refractivity (Wildman–Crippen MR) is 111 cm³/mol. The Kier molecular flexibility index (Phi) is 7.55. The van der Waals surface area contributed by atoms with Gasteiger partial charge in [0.1, 0.15) is 12.4 Å². The van der Waals surface area contributed by atoms with E-state index in [1.54, 1.807) is 24.5 Å². The SMILES string of the molecule is CN(SF)c1ccc(OCc2cnc(Nc3ccc(C(F)F)cc3)nc2)cc1OC=O. The van der Waals surface area contributed by atoms with Gasteiger partial charge in [-0.25, -0.2) is 18.7 Å². The van der Waals surface area contributed by atoms with Gasteiger partial charge >= 0.3 is 0 Å². The molecule has 0 aliphatic carbocycles. The average Bonchev–Trinajstić information content (AvgIpc) is 2.79. The van der Waals surface area contributed by atoms with E-state index < -0.39 is 6.43 Å². The highest BCUT2D eigenvalue weighted by Gasteiger charge is 2.12. The van der Waals surface area contributed by atoms with Crippen LogP contribution < -0.4 is 19.1 Å². The summed E-state index contributed by atoms with van der Waals surface area (Å²) in [5, 5.41) is 2.92. The molecule has 3 rings (SSSR count). The number of alkyl halides is 2. The number of nitrogens with zero attached hydrogens (tertiary/aromatic N) is 3. The minimum absolute atomic E-state index is 0.0216. The molecule has 0 bridgehead atoms. The summed E-state index contributed by atoms with van der Waals surface area (Å²) in [6, 6.07) is 10.3. The normalized spacial score (nSPS) is 10.6. The van der Waals surface area contributed by atoms with Crippen molar-refractivity contribution >= 4 is 36.1 Å². The third-order valence-electron chi connectivity index (χ3n) is 4.08. The number of aromatic nitrogens is 2. The second-order valence-corrected chi connectivity index (χ2v) is 6.85. The van der Waals surface area contributed by atoms with E-state index in [2.05, 4.69) is 15.3 Å². The largest absolute Gasteiger partial charge is 0.489 e. The second kappa shape index (κ2) is 10.5. The molecule has 3 aromatic rings. The van der Waals surface area contributed by atoms with Gasteiger partial charge in [-0.05, 0) is 24.3 Å². The molecule has 0 saturated heterocycles. The van der Waals surface area contributed by atoms with Crippen molar-refractivity contribution in [2.75, 3.05) is 16.7 Å². The Morgan fingerprint density at radius 2 is 1.87 bits per heavy atom. The van der Waals surface area contributed by atoms with Crippen LogP contribution in [0.15, 0.2) is 54.9 Å². The summed E-state index contributed by atoms with van der Waals surface area (Å²) in [6.45, 7) is 0.386. The molecule has 0 saturated carbocycles. The van der Waals surface area contributed by atoms with Gasteiger partial charge in [0.05, 0.1) is 5.69 Å². The lowest BCUT2D eigenvalue weighted by molar-refractivity contribution is -0.120. The van der Waals surface area contributed by atoms with Crippen LogP contribution in [-0.4, -0.2) is 23.5 Å². The van der Waals surface area contributed by atoms with E-state index >= 15 is 0 Å². The Hall–Kier alpha value is -3.47. The molecule has 0 aliphatic heterocycles. The van der Waals surface area contributed by atoms with Crippen molar-refractivity contribution in [2.24, 2.45) is 0 Å².